The van der Waals surface area contributed by atoms with E-state index in [0.717, 1.165) is 23.3 Å². The van der Waals surface area contributed by atoms with Crippen LogP contribution in [0.2, 0.25) is 0 Å². The molecule has 1 heterocycles. The fourth-order valence-electron chi connectivity index (χ4n) is 3.35. The molecule has 4 aromatic rings. The maximum atomic E-state index is 9.90. The van der Waals surface area contributed by atoms with Crippen LogP contribution in [-0.4, -0.2) is 20.8 Å². The second-order valence-electron chi connectivity index (χ2n) is 6.29. The first-order chi connectivity index (χ1) is 11.7. The molecule has 0 aliphatic heterocycles. The Morgan fingerprint density at radius 2 is 1.71 bits per heavy atom. The molecule has 1 unspecified atom stereocenters. The van der Waals surface area contributed by atoms with Crippen LogP contribution in [0, 0.1) is 0 Å². The van der Waals surface area contributed by atoms with Crippen molar-refractivity contribution in [3.05, 3.63) is 78.1 Å². The molecule has 1 aromatic heterocycles. The van der Waals surface area contributed by atoms with Crippen LogP contribution in [0.4, 0.5) is 0 Å². The molecule has 0 amide bonds. The van der Waals surface area contributed by atoms with Crippen molar-refractivity contribution in [2.45, 2.75) is 26.0 Å². The van der Waals surface area contributed by atoms with E-state index >= 15 is 0 Å². The van der Waals surface area contributed by atoms with Crippen LogP contribution >= 0.6 is 0 Å². The van der Waals surface area contributed by atoms with Gasteiger partial charge in [0.1, 0.15) is 5.82 Å². The molecule has 0 saturated carbocycles. The minimum absolute atomic E-state index is 0.408. The fourth-order valence-corrected chi connectivity index (χ4v) is 3.35. The standard InChI is InChI=1S/C21H20N2O/c1-15(24)14-23-20-12-5-4-11-19(20)22-21(23)13-17-9-6-8-16-7-2-3-10-18(16)17/h2-12,15,24H,13-14H2,1H3. The van der Waals surface area contributed by atoms with Crippen molar-refractivity contribution in [1.82, 2.24) is 9.55 Å². The van der Waals surface area contributed by atoms with Crippen molar-refractivity contribution < 1.29 is 5.11 Å². The molecule has 1 N–H and O–H groups in total. The van der Waals surface area contributed by atoms with Gasteiger partial charge in [-0.25, -0.2) is 4.98 Å². The number of nitrogens with zero attached hydrogens (tertiary/aromatic N) is 2. The van der Waals surface area contributed by atoms with Crippen LogP contribution < -0.4 is 0 Å². The highest BCUT2D eigenvalue weighted by Gasteiger charge is 2.13. The van der Waals surface area contributed by atoms with Gasteiger partial charge in [-0.05, 0) is 35.4 Å². The maximum Gasteiger partial charge on any atom is 0.114 e. The third-order valence-electron chi connectivity index (χ3n) is 4.41. The summed E-state index contributed by atoms with van der Waals surface area (Å²) in [6.45, 7) is 2.37. The summed E-state index contributed by atoms with van der Waals surface area (Å²) in [5.74, 6) is 0.994. The first-order valence-corrected chi connectivity index (χ1v) is 8.31. The smallest absolute Gasteiger partial charge is 0.114 e. The van der Waals surface area contributed by atoms with Crippen LogP contribution in [0.15, 0.2) is 66.7 Å². The van der Waals surface area contributed by atoms with Gasteiger partial charge in [0.2, 0.25) is 0 Å². The van der Waals surface area contributed by atoms with Crippen molar-refractivity contribution >= 4 is 21.8 Å². The molecule has 0 saturated heterocycles. The minimum atomic E-state index is -0.408. The molecule has 3 aromatic carbocycles. The molecule has 1 atom stereocenters. The number of fused-ring (bicyclic) bond motifs is 2. The monoisotopic (exact) mass is 316 g/mol. The molecule has 0 aliphatic carbocycles. The Bertz CT molecular complexity index is 996. The zero-order chi connectivity index (χ0) is 16.5. The number of benzene rings is 3. The quantitative estimate of drug-likeness (QED) is 0.614. The van der Waals surface area contributed by atoms with Gasteiger partial charge in [0, 0.05) is 6.42 Å². The average molecular weight is 316 g/mol. The molecule has 0 radical (unpaired) electrons. The van der Waals surface area contributed by atoms with Gasteiger partial charge in [0.15, 0.2) is 0 Å². The summed E-state index contributed by atoms with van der Waals surface area (Å²) < 4.78 is 2.14. The van der Waals surface area contributed by atoms with Crippen LogP contribution in [0.5, 0.6) is 0 Å². The van der Waals surface area contributed by atoms with Gasteiger partial charge in [-0.2, -0.15) is 0 Å². The SMILES string of the molecule is CC(O)Cn1c(Cc2cccc3ccccc23)nc2ccccc21. The van der Waals surface area contributed by atoms with Crippen molar-refractivity contribution in [2.24, 2.45) is 0 Å². The lowest BCUT2D eigenvalue weighted by atomic mass is 10.0. The Labute approximate surface area is 141 Å². The Kier molecular flexibility index (Phi) is 3.79. The molecule has 0 fully saturated rings. The van der Waals surface area contributed by atoms with Crippen molar-refractivity contribution in [3.8, 4) is 0 Å². The number of imidazole rings is 1. The summed E-state index contributed by atoms with van der Waals surface area (Å²) in [5, 5.41) is 12.4. The van der Waals surface area contributed by atoms with Gasteiger partial charge in [-0.15, -0.1) is 0 Å². The average Bonchev–Trinajstić information content (AvgIpc) is 2.92. The van der Waals surface area contributed by atoms with E-state index in [0.29, 0.717) is 6.54 Å². The van der Waals surface area contributed by atoms with Gasteiger partial charge in [0.25, 0.3) is 0 Å². The van der Waals surface area contributed by atoms with E-state index in [4.69, 9.17) is 4.98 Å². The van der Waals surface area contributed by atoms with E-state index in [-0.39, 0.29) is 0 Å². The topological polar surface area (TPSA) is 38.0 Å². The predicted molar refractivity (Wildman–Crippen MR) is 98.2 cm³/mol. The largest absolute Gasteiger partial charge is 0.392 e. The number of aromatic nitrogens is 2. The minimum Gasteiger partial charge on any atom is -0.392 e. The molecule has 3 heteroatoms. The summed E-state index contributed by atoms with van der Waals surface area (Å²) in [5.41, 5.74) is 3.32. The fraction of sp³-hybridized carbons (Fsp3) is 0.190. The van der Waals surface area contributed by atoms with E-state index in [2.05, 4.69) is 53.1 Å². The van der Waals surface area contributed by atoms with E-state index in [1.165, 1.54) is 16.3 Å². The predicted octanol–water partition coefficient (Wildman–Crippen LogP) is 4.16. The highest BCUT2D eigenvalue weighted by molar-refractivity contribution is 5.86. The number of aliphatic hydroxyl groups is 1. The Morgan fingerprint density at radius 1 is 0.958 bits per heavy atom. The first-order valence-electron chi connectivity index (χ1n) is 8.31. The van der Waals surface area contributed by atoms with Crippen LogP contribution in [0.25, 0.3) is 21.8 Å². The number of aliphatic hydroxyl groups excluding tert-OH is 1. The zero-order valence-corrected chi connectivity index (χ0v) is 13.7. The first kappa shape index (κ1) is 14.9. The normalized spacial score (nSPS) is 12.8. The van der Waals surface area contributed by atoms with Crippen LogP contribution in [0.3, 0.4) is 0 Å². The zero-order valence-electron chi connectivity index (χ0n) is 13.7. The summed E-state index contributed by atoms with van der Waals surface area (Å²) >= 11 is 0. The summed E-state index contributed by atoms with van der Waals surface area (Å²) in [4.78, 5) is 4.82. The van der Waals surface area contributed by atoms with Crippen molar-refractivity contribution in [1.29, 1.82) is 0 Å². The molecular formula is C21H20N2O. The van der Waals surface area contributed by atoms with E-state index in [1.807, 2.05) is 25.1 Å². The highest BCUT2D eigenvalue weighted by atomic mass is 16.3. The van der Waals surface area contributed by atoms with Gasteiger partial charge in [-0.3, -0.25) is 0 Å². The molecule has 0 spiro atoms. The number of hydrogen-bond donors (Lipinski definition) is 1. The third kappa shape index (κ3) is 2.68. The van der Waals surface area contributed by atoms with E-state index in [9.17, 15) is 5.11 Å². The number of para-hydroxylation sites is 2. The number of rotatable bonds is 4. The summed E-state index contributed by atoms with van der Waals surface area (Å²) in [6.07, 6.45) is 0.344. The lowest BCUT2D eigenvalue weighted by Gasteiger charge is -2.12. The highest BCUT2D eigenvalue weighted by Crippen LogP contribution is 2.23. The van der Waals surface area contributed by atoms with Crippen molar-refractivity contribution in [2.75, 3.05) is 0 Å². The summed E-state index contributed by atoms with van der Waals surface area (Å²) in [6, 6.07) is 22.9. The van der Waals surface area contributed by atoms with Gasteiger partial charge in [0.05, 0.1) is 23.7 Å². The molecule has 24 heavy (non-hydrogen) atoms. The molecule has 0 bridgehead atoms. The van der Waals surface area contributed by atoms with Gasteiger partial charge < -0.3 is 9.67 Å². The second-order valence-corrected chi connectivity index (χ2v) is 6.29. The van der Waals surface area contributed by atoms with Crippen LogP contribution in [-0.2, 0) is 13.0 Å². The van der Waals surface area contributed by atoms with E-state index in [1.54, 1.807) is 0 Å². The molecule has 120 valence electrons. The van der Waals surface area contributed by atoms with Crippen LogP contribution in [0.1, 0.15) is 18.3 Å². The Morgan fingerprint density at radius 3 is 2.58 bits per heavy atom. The van der Waals surface area contributed by atoms with E-state index < -0.39 is 6.10 Å². The maximum absolute atomic E-state index is 9.90. The number of hydrogen-bond acceptors (Lipinski definition) is 2. The molecule has 0 aliphatic rings. The lowest BCUT2D eigenvalue weighted by Crippen LogP contribution is -2.14. The third-order valence-corrected chi connectivity index (χ3v) is 4.41. The Hall–Kier alpha value is -2.65. The Balaban J connectivity index is 1.84. The summed E-state index contributed by atoms with van der Waals surface area (Å²) in [7, 11) is 0. The second kappa shape index (κ2) is 6.10. The van der Waals surface area contributed by atoms with Gasteiger partial charge in [-0.1, -0.05) is 54.6 Å². The molecule has 3 nitrogen and oxygen atoms in total. The molecule has 4 rings (SSSR count). The van der Waals surface area contributed by atoms with Crippen molar-refractivity contribution in [3.63, 3.8) is 0 Å². The molecular weight excluding hydrogens is 296 g/mol. The lowest BCUT2D eigenvalue weighted by molar-refractivity contribution is 0.174. The van der Waals surface area contributed by atoms with Gasteiger partial charge >= 0.3 is 0 Å².